The third-order valence-corrected chi connectivity index (χ3v) is 3.43. The molecule has 1 unspecified atom stereocenters. The molecule has 0 saturated heterocycles. The number of carbonyl (C=O) groups is 1. The van der Waals surface area contributed by atoms with Gasteiger partial charge in [-0.3, -0.25) is 4.79 Å². The summed E-state index contributed by atoms with van der Waals surface area (Å²) in [7, 11) is 3.98. The minimum atomic E-state index is 0.0506. The predicted octanol–water partition coefficient (Wildman–Crippen LogP) is 3.18. The van der Waals surface area contributed by atoms with Gasteiger partial charge < -0.3 is 4.90 Å². The van der Waals surface area contributed by atoms with E-state index in [1.807, 2.05) is 50.2 Å². The highest BCUT2D eigenvalue weighted by Gasteiger charge is 2.15. The van der Waals surface area contributed by atoms with Gasteiger partial charge in [-0.25, -0.2) is 0 Å². The van der Waals surface area contributed by atoms with Crippen molar-refractivity contribution in [3.63, 3.8) is 0 Å². The molecule has 0 heterocycles. The van der Waals surface area contributed by atoms with E-state index < -0.39 is 0 Å². The molecule has 3 heteroatoms. The van der Waals surface area contributed by atoms with Crippen LogP contribution in [0.15, 0.2) is 29.2 Å². The first-order valence-electron chi connectivity index (χ1n) is 5.96. The van der Waals surface area contributed by atoms with Gasteiger partial charge in [-0.1, -0.05) is 26.0 Å². The normalized spacial score (nSPS) is 12.8. The molecule has 1 aromatic rings. The molecule has 0 N–H and O–H groups in total. The SMILES string of the molecule is CCSc1ccc(C(=O)C(C)CN(C)C)cc1. The minimum Gasteiger partial charge on any atom is -0.309 e. The lowest BCUT2D eigenvalue weighted by atomic mass is 9.99. The first-order chi connectivity index (χ1) is 8.04. The lowest BCUT2D eigenvalue weighted by Gasteiger charge is -2.15. The average molecular weight is 251 g/mol. The Morgan fingerprint density at radius 3 is 2.35 bits per heavy atom. The van der Waals surface area contributed by atoms with Crippen LogP contribution in [0, 0.1) is 5.92 Å². The molecule has 0 saturated carbocycles. The largest absolute Gasteiger partial charge is 0.309 e. The quantitative estimate of drug-likeness (QED) is 0.572. The number of Topliss-reactive ketones (excluding diaryl/α,β-unsaturated/α-hetero) is 1. The zero-order valence-electron chi connectivity index (χ0n) is 11.1. The van der Waals surface area contributed by atoms with E-state index in [2.05, 4.69) is 6.92 Å². The Bertz CT molecular complexity index is 359. The number of hydrogen-bond acceptors (Lipinski definition) is 3. The first kappa shape index (κ1) is 14.3. The second-order valence-corrected chi connectivity index (χ2v) is 5.82. The molecule has 94 valence electrons. The summed E-state index contributed by atoms with van der Waals surface area (Å²) in [4.78, 5) is 15.4. The molecule has 0 bridgehead atoms. The highest BCUT2D eigenvalue weighted by Crippen LogP contribution is 2.19. The van der Waals surface area contributed by atoms with E-state index in [0.717, 1.165) is 17.9 Å². The summed E-state index contributed by atoms with van der Waals surface area (Å²) in [6.07, 6.45) is 0. The molecule has 0 radical (unpaired) electrons. The first-order valence-corrected chi connectivity index (χ1v) is 6.95. The molecule has 1 atom stereocenters. The van der Waals surface area contributed by atoms with Gasteiger partial charge >= 0.3 is 0 Å². The summed E-state index contributed by atoms with van der Waals surface area (Å²) >= 11 is 1.80. The van der Waals surface area contributed by atoms with Crippen LogP contribution in [0.5, 0.6) is 0 Å². The van der Waals surface area contributed by atoms with Crippen LogP contribution in [0.25, 0.3) is 0 Å². The number of nitrogens with zero attached hydrogens (tertiary/aromatic N) is 1. The van der Waals surface area contributed by atoms with Crippen molar-refractivity contribution in [2.75, 3.05) is 26.4 Å². The molecule has 0 spiro atoms. The maximum atomic E-state index is 12.1. The number of hydrogen-bond donors (Lipinski definition) is 0. The molecular weight excluding hydrogens is 230 g/mol. The van der Waals surface area contributed by atoms with Gasteiger partial charge in [-0.05, 0) is 32.0 Å². The van der Waals surface area contributed by atoms with Crippen molar-refractivity contribution in [1.82, 2.24) is 4.90 Å². The van der Waals surface area contributed by atoms with E-state index in [9.17, 15) is 4.79 Å². The monoisotopic (exact) mass is 251 g/mol. The maximum absolute atomic E-state index is 12.1. The fourth-order valence-electron chi connectivity index (χ4n) is 1.80. The molecule has 1 rings (SSSR count). The van der Waals surface area contributed by atoms with Crippen molar-refractivity contribution in [2.24, 2.45) is 5.92 Å². The topological polar surface area (TPSA) is 20.3 Å². The van der Waals surface area contributed by atoms with Gasteiger partial charge in [0, 0.05) is 22.9 Å². The summed E-state index contributed by atoms with van der Waals surface area (Å²) in [6.45, 7) is 4.91. The molecule has 1 aromatic carbocycles. The van der Waals surface area contributed by atoms with E-state index in [4.69, 9.17) is 0 Å². The number of benzene rings is 1. The molecule has 0 fully saturated rings. The zero-order valence-corrected chi connectivity index (χ0v) is 11.9. The van der Waals surface area contributed by atoms with Crippen LogP contribution in [0.3, 0.4) is 0 Å². The predicted molar refractivity (Wildman–Crippen MR) is 74.9 cm³/mol. The van der Waals surface area contributed by atoms with Crippen molar-refractivity contribution in [2.45, 2.75) is 18.7 Å². The molecule has 2 nitrogen and oxygen atoms in total. The summed E-state index contributed by atoms with van der Waals surface area (Å²) in [5.74, 6) is 1.34. The van der Waals surface area contributed by atoms with Crippen LogP contribution >= 0.6 is 11.8 Å². The van der Waals surface area contributed by atoms with Gasteiger partial charge in [-0.2, -0.15) is 0 Å². The van der Waals surface area contributed by atoms with Crippen LogP contribution in [-0.4, -0.2) is 37.1 Å². The Labute approximate surface area is 108 Å². The minimum absolute atomic E-state index is 0.0506. The molecule has 0 aliphatic carbocycles. The van der Waals surface area contributed by atoms with Crippen molar-refractivity contribution in [1.29, 1.82) is 0 Å². The average Bonchev–Trinajstić information content (AvgIpc) is 2.28. The van der Waals surface area contributed by atoms with Crippen LogP contribution in [-0.2, 0) is 0 Å². The summed E-state index contributed by atoms with van der Waals surface area (Å²) < 4.78 is 0. The number of rotatable bonds is 6. The van der Waals surface area contributed by atoms with Crippen molar-refractivity contribution in [3.8, 4) is 0 Å². The van der Waals surface area contributed by atoms with E-state index in [1.165, 1.54) is 4.90 Å². The molecule has 17 heavy (non-hydrogen) atoms. The third-order valence-electron chi connectivity index (χ3n) is 2.54. The van der Waals surface area contributed by atoms with E-state index in [1.54, 1.807) is 11.8 Å². The van der Waals surface area contributed by atoms with Gasteiger partial charge in [0.25, 0.3) is 0 Å². The maximum Gasteiger partial charge on any atom is 0.166 e. The van der Waals surface area contributed by atoms with Crippen molar-refractivity contribution >= 4 is 17.5 Å². The summed E-state index contributed by atoms with van der Waals surface area (Å²) in [5.41, 5.74) is 0.819. The molecule has 0 amide bonds. The lowest BCUT2D eigenvalue weighted by Crippen LogP contribution is -2.25. The van der Waals surface area contributed by atoms with Crippen molar-refractivity contribution in [3.05, 3.63) is 29.8 Å². The number of thioether (sulfide) groups is 1. The fourth-order valence-corrected chi connectivity index (χ4v) is 2.46. The van der Waals surface area contributed by atoms with Crippen LogP contribution in [0.4, 0.5) is 0 Å². The smallest absolute Gasteiger partial charge is 0.166 e. The number of ketones is 1. The zero-order chi connectivity index (χ0) is 12.8. The number of carbonyl (C=O) groups excluding carboxylic acids is 1. The summed E-state index contributed by atoms with van der Waals surface area (Å²) in [6, 6.07) is 7.94. The second kappa shape index (κ2) is 6.82. The second-order valence-electron chi connectivity index (χ2n) is 4.48. The summed E-state index contributed by atoms with van der Waals surface area (Å²) in [5, 5.41) is 0. The lowest BCUT2D eigenvalue weighted by molar-refractivity contribution is 0.0910. The van der Waals surface area contributed by atoms with Crippen molar-refractivity contribution < 1.29 is 4.79 Å². The van der Waals surface area contributed by atoms with Crippen LogP contribution in [0.2, 0.25) is 0 Å². The Kier molecular flexibility index (Phi) is 5.72. The van der Waals surface area contributed by atoms with Crippen LogP contribution in [0.1, 0.15) is 24.2 Å². The van der Waals surface area contributed by atoms with E-state index in [-0.39, 0.29) is 11.7 Å². The van der Waals surface area contributed by atoms with Gasteiger partial charge in [0.15, 0.2) is 5.78 Å². The van der Waals surface area contributed by atoms with Crippen LogP contribution < -0.4 is 0 Å². The molecule has 0 aliphatic rings. The van der Waals surface area contributed by atoms with E-state index >= 15 is 0 Å². The Balaban J connectivity index is 2.69. The standard InChI is InChI=1S/C14H21NOS/c1-5-17-13-8-6-12(7-9-13)14(16)11(2)10-15(3)4/h6-9,11H,5,10H2,1-4H3. The Morgan fingerprint density at radius 2 is 1.88 bits per heavy atom. The van der Waals surface area contributed by atoms with E-state index in [0.29, 0.717) is 0 Å². The molecular formula is C14H21NOS. The third kappa shape index (κ3) is 4.52. The molecule has 0 aliphatic heterocycles. The van der Waals surface area contributed by atoms with Gasteiger partial charge in [0.1, 0.15) is 0 Å². The van der Waals surface area contributed by atoms with Gasteiger partial charge in [0.2, 0.25) is 0 Å². The molecule has 0 aromatic heterocycles. The Morgan fingerprint density at radius 1 is 1.29 bits per heavy atom. The van der Waals surface area contributed by atoms with Gasteiger partial charge in [-0.15, -0.1) is 11.8 Å². The highest BCUT2D eigenvalue weighted by atomic mass is 32.2. The van der Waals surface area contributed by atoms with Gasteiger partial charge in [0.05, 0.1) is 0 Å². The highest BCUT2D eigenvalue weighted by molar-refractivity contribution is 7.99. The Hall–Kier alpha value is -0.800. The fraction of sp³-hybridized carbons (Fsp3) is 0.500.